The lowest BCUT2D eigenvalue weighted by molar-refractivity contribution is -0.117. The summed E-state index contributed by atoms with van der Waals surface area (Å²) in [6.45, 7) is 1.96. The van der Waals surface area contributed by atoms with Crippen molar-refractivity contribution >= 4 is 35.4 Å². The van der Waals surface area contributed by atoms with E-state index in [0.717, 1.165) is 16.0 Å². The topological polar surface area (TPSA) is 70.6 Å². The average molecular weight is 389 g/mol. The summed E-state index contributed by atoms with van der Waals surface area (Å²) in [6, 6.07) is 20.2. The SMILES string of the molecule is Cc1ccccc1/C=N/NC(=O)/C(=C\c1cccs1)NC(=O)c1ccccc1. The lowest BCUT2D eigenvalue weighted by Crippen LogP contribution is -2.32. The summed E-state index contributed by atoms with van der Waals surface area (Å²) in [7, 11) is 0. The molecule has 3 rings (SSSR count). The van der Waals surface area contributed by atoms with E-state index in [2.05, 4.69) is 15.8 Å². The van der Waals surface area contributed by atoms with Gasteiger partial charge in [0, 0.05) is 10.4 Å². The second-order valence-electron chi connectivity index (χ2n) is 5.95. The molecule has 0 atom stereocenters. The van der Waals surface area contributed by atoms with Crippen molar-refractivity contribution in [2.75, 3.05) is 0 Å². The number of hydrazone groups is 1. The van der Waals surface area contributed by atoms with Crippen LogP contribution in [0.3, 0.4) is 0 Å². The zero-order chi connectivity index (χ0) is 19.8. The fourth-order valence-electron chi connectivity index (χ4n) is 2.41. The third kappa shape index (κ3) is 5.25. The Bertz CT molecular complexity index is 1010. The predicted molar refractivity (Wildman–Crippen MR) is 113 cm³/mol. The number of benzene rings is 2. The maximum absolute atomic E-state index is 12.6. The van der Waals surface area contributed by atoms with Crippen LogP contribution in [-0.4, -0.2) is 18.0 Å². The van der Waals surface area contributed by atoms with E-state index >= 15 is 0 Å². The van der Waals surface area contributed by atoms with Gasteiger partial charge in [-0.25, -0.2) is 5.43 Å². The minimum atomic E-state index is -0.498. The molecular weight excluding hydrogens is 370 g/mol. The van der Waals surface area contributed by atoms with Crippen LogP contribution in [0.15, 0.2) is 82.9 Å². The quantitative estimate of drug-likeness (QED) is 0.380. The summed E-state index contributed by atoms with van der Waals surface area (Å²) < 4.78 is 0. The summed E-state index contributed by atoms with van der Waals surface area (Å²) >= 11 is 1.47. The molecule has 0 bridgehead atoms. The zero-order valence-corrected chi connectivity index (χ0v) is 16.1. The highest BCUT2D eigenvalue weighted by atomic mass is 32.1. The van der Waals surface area contributed by atoms with Gasteiger partial charge in [-0.2, -0.15) is 5.10 Å². The molecule has 3 aromatic rings. The Morgan fingerprint density at radius 3 is 2.43 bits per heavy atom. The van der Waals surface area contributed by atoms with E-state index in [1.54, 1.807) is 36.6 Å². The summed E-state index contributed by atoms with van der Waals surface area (Å²) in [5.74, 6) is -0.857. The third-order valence-corrected chi connectivity index (χ3v) is 4.74. The van der Waals surface area contributed by atoms with E-state index in [4.69, 9.17) is 0 Å². The van der Waals surface area contributed by atoms with E-state index in [1.165, 1.54) is 11.3 Å². The monoisotopic (exact) mass is 389 g/mol. The minimum absolute atomic E-state index is 0.123. The Kier molecular flexibility index (Phi) is 6.49. The highest BCUT2D eigenvalue weighted by Crippen LogP contribution is 2.13. The molecule has 6 heteroatoms. The number of thiophene rings is 1. The van der Waals surface area contributed by atoms with Gasteiger partial charge in [0.25, 0.3) is 11.8 Å². The molecule has 2 amide bonds. The van der Waals surface area contributed by atoms with E-state index in [1.807, 2.05) is 54.8 Å². The number of hydrogen-bond acceptors (Lipinski definition) is 4. The third-order valence-electron chi connectivity index (χ3n) is 3.92. The molecule has 1 heterocycles. The number of carbonyl (C=O) groups excluding carboxylic acids is 2. The number of rotatable bonds is 6. The lowest BCUT2D eigenvalue weighted by atomic mass is 10.1. The van der Waals surface area contributed by atoms with Crippen LogP contribution < -0.4 is 10.7 Å². The van der Waals surface area contributed by atoms with Crippen molar-refractivity contribution in [2.24, 2.45) is 5.10 Å². The van der Waals surface area contributed by atoms with Gasteiger partial charge in [0.2, 0.25) is 0 Å². The molecule has 0 radical (unpaired) electrons. The smallest absolute Gasteiger partial charge is 0.287 e. The largest absolute Gasteiger partial charge is 0.317 e. The van der Waals surface area contributed by atoms with Gasteiger partial charge in [-0.1, -0.05) is 48.5 Å². The van der Waals surface area contributed by atoms with Crippen LogP contribution in [0.2, 0.25) is 0 Å². The number of nitrogens with zero attached hydrogens (tertiary/aromatic N) is 1. The Hall–Kier alpha value is -3.51. The van der Waals surface area contributed by atoms with Crippen LogP contribution >= 0.6 is 11.3 Å². The Balaban J connectivity index is 1.76. The molecule has 28 heavy (non-hydrogen) atoms. The Morgan fingerprint density at radius 1 is 0.964 bits per heavy atom. The molecule has 0 spiro atoms. The normalized spacial score (nSPS) is 11.4. The average Bonchev–Trinajstić information content (AvgIpc) is 3.22. The fraction of sp³-hybridized carbons (Fsp3) is 0.0455. The highest BCUT2D eigenvalue weighted by molar-refractivity contribution is 7.10. The van der Waals surface area contributed by atoms with Crippen molar-refractivity contribution in [3.05, 3.63) is 99.4 Å². The molecule has 0 aliphatic rings. The second kappa shape index (κ2) is 9.43. The van der Waals surface area contributed by atoms with Crippen LogP contribution in [0.5, 0.6) is 0 Å². The summed E-state index contributed by atoms with van der Waals surface area (Å²) in [4.78, 5) is 25.9. The van der Waals surface area contributed by atoms with E-state index in [9.17, 15) is 9.59 Å². The summed E-state index contributed by atoms with van der Waals surface area (Å²) in [6.07, 6.45) is 3.21. The van der Waals surface area contributed by atoms with Gasteiger partial charge in [0.15, 0.2) is 0 Å². The van der Waals surface area contributed by atoms with Crippen LogP contribution in [-0.2, 0) is 4.79 Å². The van der Waals surface area contributed by atoms with Crippen molar-refractivity contribution < 1.29 is 9.59 Å². The van der Waals surface area contributed by atoms with Crippen LogP contribution in [0, 0.1) is 6.92 Å². The van der Waals surface area contributed by atoms with Crippen LogP contribution in [0.25, 0.3) is 6.08 Å². The number of nitrogens with one attached hydrogen (secondary N) is 2. The molecule has 0 unspecified atom stereocenters. The summed E-state index contributed by atoms with van der Waals surface area (Å²) in [5.41, 5.74) is 5.02. The van der Waals surface area contributed by atoms with Gasteiger partial charge in [-0.05, 0) is 47.7 Å². The molecule has 0 aliphatic heterocycles. The van der Waals surface area contributed by atoms with Gasteiger partial charge in [0.05, 0.1) is 6.21 Å². The first-order chi connectivity index (χ1) is 13.6. The maximum Gasteiger partial charge on any atom is 0.287 e. The fourth-order valence-corrected chi connectivity index (χ4v) is 3.07. The molecule has 2 aromatic carbocycles. The molecule has 1 aromatic heterocycles. The van der Waals surface area contributed by atoms with E-state index in [-0.39, 0.29) is 11.6 Å². The molecular formula is C22H19N3O2S. The van der Waals surface area contributed by atoms with Gasteiger partial charge in [-0.3, -0.25) is 9.59 Å². The molecule has 0 aliphatic carbocycles. The molecule has 2 N–H and O–H groups in total. The molecule has 0 fully saturated rings. The number of amides is 2. The summed E-state index contributed by atoms with van der Waals surface area (Å²) in [5, 5.41) is 8.59. The second-order valence-corrected chi connectivity index (χ2v) is 6.93. The first kappa shape index (κ1) is 19.3. The van der Waals surface area contributed by atoms with Crippen LogP contribution in [0.4, 0.5) is 0 Å². The van der Waals surface area contributed by atoms with Gasteiger partial charge >= 0.3 is 0 Å². The van der Waals surface area contributed by atoms with Crippen molar-refractivity contribution in [3.8, 4) is 0 Å². The van der Waals surface area contributed by atoms with Crippen molar-refractivity contribution in [1.29, 1.82) is 0 Å². The van der Waals surface area contributed by atoms with E-state index < -0.39 is 5.91 Å². The number of aryl methyl sites for hydroxylation is 1. The Labute approximate surface area is 167 Å². The van der Waals surface area contributed by atoms with Gasteiger partial charge in [0.1, 0.15) is 5.70 Å². The maximum atomic E-state index is 12.6. The zero-order valence-electron chi connectivity index (χ0n) is 15.3. The predicted octanol–water partition coefficient (Wildman–Crippen LogP) is 3.98. The minimum Gasteiger partial charge on any atom is -0.317 e. The van der Waals surface area contributed by atoms with E-state index in [0.29, 0.717) is 5.56 Å². The van der Waals surface area contributed by atoms with Gasteiger partial charge < -0.3 is 5.32 Å². The van der Waals surface area contributed by atoms with Crippen LogP contribution in [0.1, 0.15) is 26.4 Å². The number of carbonyl (C=O) groups is 2. The van der Waals surface area contributed by atoms with Gasteiger partial charge in [-0.15, -0.1) is 11.3 Å². The molecule has 0 saturated heterocycles. The highest BCUT2D eigenvalue weighted by Gasteiger charge is 2.14. The molecule has 0 saturated carbocycles. The first-order valence-electron chi connectivity index (χ1n) is 8.64. The standard InChI is InChI=1S/C22H19N3O2S/c1-16-8-5-6-11-18(16)15-23-25-22(27)20(14-19-12-7-13-28-19)24-21(26)17-9-3-2-4-10-17/h2-15H,1H3,(H,24,26)(H,25,27)/b20-14+,23-15+. The number of hydrogen-bond donors (Lipinski definition) is 2. The van der Waals surface area contributed by atoms with Crippen molar-refractivity contribution in [3.63, 3.8) is 0 Å². The first-order valence-corrected chi connectivity index (χ1v) is 9.52. The van der Waals surface area contributed by atoms with Crippen molar-refractivity contribution in [2.45, 2.75) is 6.92 Å². The molecule has 140 valence electrons. The lowest BCUT2D eigenvalue weighted by Gasteiger charge is -2.08. The molecule has 5 nitrogen and oxygen atoms in total. The Morgan fingerprint density at radius 2 is 1.71 bits per heavy atom. The van der Waals surface area contributed by atoms with Crippen molar-refractivity contribution in [1.82, 2.24) is 10.7 Å².